The largest absolute Gasteiger partial charge is 0.467 e. The molecule has 5 nitrogen and oxygen atoms in total. The Morgan fingerprint density at radius 3 is 2.53 bits per heavy atom. The topological polar surface area (TPSA) is 64.3 Å². The van der Waals surface area contributed by atoms with Crippen LogP contribution in [-0.4, -0.2) is 41.1 Å². The summed E-state index contributed by atoms with van der Waals surface area (Å²) in [6, 6.07) is 9.41. The third-order valence-electron chi connectivity index (χ3n) is 7.51. The Morgan fingerprint density at radius 1 is 1.16 bits per heavy atom. The van der Waals surface area contributed by atoms with Crippen molar-refractivity contribution in [1.82, 2.24) is 14.9 Å². The zero-order valence-corrected chi connectivity index (χ0v) is 20.9. The predicted octanol–water partition coefficient (Wildman–Crippen LogP) is 5.06. The van der Waals surface area contributed by atoms with Crippen molar-refractivity contribution in [2.45, 2.75) is 68.9 Å². The van der Waals surface area contributed by atoms with Crippen LogP contribution in [0.3, 0.4) is 0 Å². The van der Waals surface area contributed by atoms with Gasteiger partial charge < -0.3 is 10.5 Å². The average molecular weight is 500 g/mol. The Labute approximate surface area is 208 Å². The third kappa shape index (κ3) is 4.88. The van der Waals surface area contributed by atoms with Crippen LogP contribution in [-0.2, 0) is 18.4 Å². The van der Waals surface area contributed by atoms with Gasteiger partial charge in [-0.1, -0.05) is 23.7 Å². The van der Waals surface area contributed by atoms with Crippen molar-refractivity contribution in [2.24, 2.45) is 5.73 Å². The molecule has 0 saturated heterocycles. The molecule has 0 atom stereocenters. The van der Waals surface area contributed by atoms with Gasteiger partial charge in [-0.2, -0.15) is 9.97 Å². The highest BCUT2D eigenvalue weighted by molar-refractivity contribution is 6.30. The summed E-state index contributed by atoms with van der Waals surface area (Å²) in [6.45, 7) is 2.68. The lowest BCUT2D eigenvalue weighted by Gasteiger charge is -2.44. The number of rotatable bonds is 5. The van der Waals surface area contributed by atoms with Crippen molar-refractivity contribution in [3.63, 3.8) is 0 Å². The van der Waals surface area contributed by atoms with Crippen molar-refractivity contribution >= 4 is 36.4 Å². The lowest BCUT2D eigenvalue weighted by atomic mass is 9.68. The standard InChI is InChI=1S/C24H31ClN4O.2ClH/c1-30-23-27-21-14-29(12-9-20(21)22(28-23)16-5-6-16)19-7-10-24(15-26,11-8-19)17-3-2-4-18(25)13-17;;/h2-4,13,16,19H,5-12,14-15,26H2,1H3;2*1H/t19-,24-;;. The Hall–Kier alpha value is -1.11. The van der Waals surface area contributed by atoms with Gasteiger partial charge in [-0.3, -0.25) is 4.90 Å². The number of benzene rings is 1. The number of hydrogen-bond acceptors (Lipinski definition) is 5. The predicted molar refractivity (Wildman–Crippen MR) is 134 cm³/mol. The van der Waals surface area contributed by atoms with Gasteiger partial charge >= 0.3 is 6.01 Å². The first-order valence-electron chi connectivity index (χ1n) is 11.3. The van der Waals surface area contributed by atoms with Gasteiger partial charge in [0.25, 0.3) is 0 Å². The molecule has 0 amide bonds. The molecule has 0 unspecified atom stereocenters. The van der Waals surface area contributed by atoms with Crippen LogP contribution in [0, 0.1) is 0 Å². The van der Waals surface area contributed by atoms with Gasteiger partial charge in [0.15, 0.2) is 0 Å². The molecule has 2 saturated carbocycles. The monoisotopic (exact) mass is 498 g/mol. The van der Waals surface area contributed by atoms with E-state index in [1.165, 1.54) is 35.4 Å². The second-order valence-electron chi connectivity index (χ2n) is 9.24. The molecular weight excluding hydrogens is 467 g/mol. The highest BCUT2D eigenvalue weighted by Gasteiger charge is 2.39. The molecule has 2 fully saturated rings. The summed E-state index contributed by atoms with van der Waals surface area (Å²) < 4.78 is 5.41. The maximum atomic E-state index is 6.30. The number of methoxy groups -OCH3 is 1. The second-order valence-corrected chi connectivity index (χ2v) is 9.68. The van der Waals surface area contributed by atoms with Crippen LogP contribution in [0.2, 0.25) is 5.02 Å². The maximum Gasteiger partial charge on any atom is 0.316 e. The lowest BCUT2D eigenvalue weighted by molar-refractivity contribution is 0.110. The van der Waals surface area contributed by atoms with Crippen LogP contribution < -0.4 is 10.5 Å². The number of fused-ring (bicyclic) bond motifs is 1. The summed E-state index contributed by atoms with van der Waals surface area (Å²) >= 11 is 6.27. The minimum Gasteiger partial charge on any atom is -0.467 e. The summed E-state index contributed by atoms with van der Waals surface area (Å²) in [7, 11) is 1.67. The minimum atomic E-state index is 0. The fourth-order valence-corrected chi connectivity index (χ4v) is 5.69. The van der Waals surface area contributed by atoms with E-state index in [9.17, 15) is 0 Å². The molecular formula is C24H33Cl3N4O. The van der Waals surface area contributed by atoms with Gasteiger partial charge in [0.1, 0.15) is 0 Å². The number of nitrogens with two attached hydrogens (primary N) is 1. The van der Waals surface area contributed by atoms with E-state index >= 15 is 0 Å². The van der Waals surface area contributed by atoms with Crippen LogP contribution in [0.15, 0.2) is 24.3 Å². The van der Waals surface area contributed by atoms with E-state index in [4.69, 9.17) is 32.0 Å². The van der Waals surface area contributed by atoms with E-state index in [1.807, 2.05) is 12.1 Å². The molecule has 0 bridgehead atoms. The highest BCUT2D eigenvalue weighted by atomic mass is 35.5. The van der Waals surface area contributed by atoms with Gasteiger partial charge in [0, 0.05) is 42.0 Å². The summed E-state index contributed by atoms with van der Waals surface area (Å²) in [5.41, 5.74) is 11.5. The van der Waals surface area contributed by atoms with E-state index in [2.05, 4.69) is 17.0 Å². The second kappa shape index (κ2) is 10.4. The molecule has 176 valence electrons. The van der Waals surface area contributed by atoms with E-state index in [0.29, 0.717) is 24.5 Å². The smallest absolute Gasteiger partial charge is 0.316 e. The molecule has 1 aliphatic heterocycles. The molecule has 2 N–H and O–H groups in total. The van der Waals surface area contributed by atoms with Crippen molar-refractivity contribution in [2.75, 3.05) is 20.2 Å². The van der Waals surface area contributed by atoms with Crippen LogP contribution in [0.4, 0.5) is 0 Å². The zero-order valence-electron chi connectivity index (χ0n) is 18.6. The molecule has 32 heavy (non-hydrogen) atoms. The van der Waals surface area contributed by atoms with Gasteiger partial charge in [-0.15, -0.1) is 24.8 Å². The molecule has 1 aromatic carbocycles. The average Bonchev–Trinajstić information content (AvgIpc) is 3.63. The Balaban J connectivity index is 0.00000144. The lowest BCUT2D eigenvalue weighted by Crippen LogP contribution is -2.47. The number of ether oxygens (including phenoxy) is 1. The first-order chi connectivity index (χ1) is 14.6. The van der Waals surface area contributed by atoms with E-state index in [-0.39, 0.29) is 30.2 Å². The Bertz CT molecular complexity index is 929. The van der Waals surface area contributed by atoms with Crippen molar-refractivity contribution in [3.8, 4) is 6.01 Å². The van der Waals surface area contributed by atoms with E-state index in [1.54, 1.807) is 7.11 Å². The minimum absolute atomic E-state index is 0. The Kier molecular flexibility index (Phi) is 8.32. The van der Waals surface area contributed by atoms with Crippen molar-refractivity contribution in [3.05, 3.63) is 51.8 Å². The number of halogens is 3. The zero-order chi connectivity index (χ0) is 20.7. The van der Waals surface area contributed by atoms with Crippen LogP contribution in [0.25, 0.3) is 0 Å². The van der Waals surface area contributed by atoms with Crippen LogP contribution in [0.5, 0.6) is 6.01 Å². The summed E-state index contributed by atoms with van der Waals surface area (Å²) in [6.07, 6.45) is 8.11. The number of aromatic nitrogens is 2. The fraction of sp³-hybridized carbons (Fsp3) is 0.583. The van der Waals surface area contributed by atoms with E-state index in [0.717, 1.165) is 50.2 Å². The number of hydrogen-bond donors (Lipinski definition) is 1. The molecule has 5 rings (SSSR count). The quantitative estimate of drug-likeness (QED) is 0.623. The molecule has 0 radical (unpaired) electrons. The van der Waals surface area contributed by atoms with Crippen molar-refractivity contribution < 1.29 is 4.74 Å². The van der Waals surface area contributed by atoms with Gasteiger partial charge in [0.05, 0.1) is 18.5 Å². The third-order valence-corrected chi connectivity index (χ3v) is 7.74. The molecule has 2 aliphatic carbocycles. The molecule has 3 aliphatic rings. The normalized spacial score (nSPS) is 25.3. The first kappa shape index (κ1) is 25.5. The van der Waals surface area contributed by atoms with Crippen LogP contribution >= 0.6 is 36.4 Å². The summed E-state index contributed by atoms with van der Waals surface area (Å²) in [4.78, 5) is 12.1. The SMILES string of the molecule is COc1nc2c(c(C3CC3)n1)CCN([C@H]1CC[C@](CN)(c3cccc(Cl)c3)CC1)C2.Cl.Cl. The molecule has 2 aromatic rings. The summed E-state index contributed by atoms with van der Waals surface area (Å²) in [5.74, 6) is 0.625. The maximum absolute atomic E-state index is 6.30. The molecule has 8 heteroatoms. The van der Waals surface area contributed by atoms with Crippen LogP contribution in [0.1, 0.15) is 67.0 Å². The van der Waals surface area contributed by atoms with Crippen molar-refractivity contribution in [1.29, 1.82) is 0 Å². The Morgan fingerprint density at radius 2 is 1.91 bits per heavy atom. The summed E-state index contributed by atoms with van der Waals surface area (Å²) in [5, 5.41) is 0.801. The van der Waals surface area contributed by atoms with Gasteiger partial charge in [0.2, 0.25) is 0 Å². The molecule has 1 aromatic heterocycles. The highest BCUT2D eigenvalue weighted by Crippen LogP contribution is 2.44. The van der Waals surface area contributed by atoms with Gasteiger partial charge in [-0.25, -0.2) is 0 Å². The number of nitrogens with zero attached hydrogens (tertiary/aromatic N) is 3. The fourth-order valence-electron chi connectivity index (χ4n) is 5.50. The first-order valence-corrected chi connectivity index (χ1v) is 11.6. The molecule has 2 heterocycles. The van der Waals surface area contributed by atoms with E-state index < -0.39 is 0 Å². The molecule has 0 spiro atoms. The van der Waals surface area contributed by atoms with Gasteiger partial charge in [-0.05, 0) is 68.2 Å².